The molecule has 0 amide bonds. The number of benzene rings is 2. The molecule has 0 saturated carbocycles. The Morgan fingerprint density at radius 1 is 0.551 bits per heavy atom. The molecular formula is C32H19F9O6S2. The zero-order chi connectivity index (χ0) is 35.3. The van der Waals surface area contributed by atoms with Crippen LogP contribution in [0.15, 0.2) is 48.5 Å². The third-order valence-electron chi connectivity index (χ3n) is 8.17. The summed E-state index contributed by atoms with van der Waals surface area (Å²) in [4.78, 5) is 27.5. The fourth-order valence-corrected chi connectivity index (χ4v) is 8.63. The number of ketones is 2. The minimum atomic E-state index is -5.20. The Morgan fingerprint density at radius 3 is 1.27 bits per heavy atom. The molecule has 2 aliphatic heterocycles. The van der Waals surface area contributed by atoms with Gasteiger partial charge in [-0.2, -0.15) is 39.5 Å². The fraction of sp³-hybridized carbons (Fsp3) is 0.312. The van der Waals surface area contributed by atoms with E-state index in [2.05, 4.69) is 0 Å². The van der Waals surface area contributed by atoms with Crippen molar-refractivity contribution in [3.63, 3.8) is 0 Å². The van der Waals surface area contributed by atoms with Crippen molar-refractivity contribution in [2.75, 3.05) is 26.4 Å². The normalized spacial score (nSPS) is 18.2. The van der Waals surface area contributed by atoms with Gasteiger partial charge in [0.25, 0.3) is 11.6 Å². The number of halogens is 9. The van der Waals surface area contributed by atoms with Gasteiger partial charge in [0.1, 0.15) is 0 Å². The number of aryl methyl sites for hydroxylation is 1. The van der Waals surface area contributed by atoms with Crippen LogP contribution in [-0.2, 0) is 49.1 Å². The molecule has 2 saturated heterocycles. The second-order valence-electron chi connectivity index (χ2n) is 11.4. The van der Waals surface area contributed by atoms with Crippen molar-refractivity contribution in [3.8, 4) is 9.75 Å². The molecule has 2 aromatic carbocycles. The molecule has 0 unspecified atom stereocenters. The van der Waals surface area contributed by atoms with E-state index < -0.39 is 63.9 Å². The van der Waals surface area contributed by atoms with E-state index in [1.165, 1.54) is 25.1 Å². The summed E-state index contributed by atoms with van der Waals surface area (Å²) in [7, 11) is 0. The number of ether oxygens (including phenoxy) is 4. The van der Waals surface area contributed by atoms with Crippen molar-refractivity contribution < 1.29 is 68.1 Å². The predicted molar refractivity (Wildman–Crippen MR) is 154 cm³/mol. The average molecular weight is 735 g/mol. The van der Waals surface area contributed by atoms with Crippen LogP contribution in [0, 0.1) is 6.92 Å². The first kappa shape index (κ1) is 33.9. The average Bonchev–Trinajstić information content (AvgIpc) is 3.83. The molecule has 0 radical (unpaired) electrons. The number of carbonyl (C=O) groups is 2. The predicted octanol–water partition coefficient (Wildman–Crippen LogP) is 8.72. The first-order valence-corrected chi connectivity index (χ1v) is 15.9. The molecule has 4 aromatic rings. The second-order valence-corrected chi connectivity index (χ2v) is 13.5. The standard InChI is InChI=1S/C32H19F9O6S2/c1-14-6-15(8-17(7-14)30(33,34)35)24(42)22-12-20-26(48-22)27-21(29(46-4-5-47-29)28(20)44-2-3-45-28)13-23(49-27)25(43)16-9-18(31(36,37)38)11-19(10-16)32(39,40)41/h6-13H,2-5H2,1H3. The summed E-state index contributed by atoms with van der Waals surface area (Å²) in [6.45, 7) is 1.40. The Labute approximate surface area is 278 Å². The number of rotatable bonds is 4. The maximum atomic E-state index is 13.7. The largest absolute Gasteiger partial charge is 0.416 e. The van der Waals surface area contributed by atoms with Gasteiger partial charge in [-0.3, -0.25) is 9.59 Å². The van der Waals surface area contributed by atoms with Gasteiger partial charge in [0, 0.05) is 22.3 Å². The lowest BCUT2D eigenvalue weighted by Crippen LogP contribution is -2.53. The first-order valence-electron chi connectivity index (χ1n) is 14.3. The lowest BCUT2D eigenvalue weighted by atomic mass is 9.84. The maximum Gasteiger partial charge on any atom is 0.416 e. The van der Waals surface area contributed by atoms with Crippen molar-refractivity contribution in [1.82, 2.24) is 0 Å². The van der Waals surface area contributed by atoms with Gasteiger partial charge in [-0.25, -0.2) is 0 Å². The Morgan fingerprint density at radius 2 is 0.898 bits per heavy atom. The highest BCUT2D eigenvalue weighted by Gasteiger charge is 2.67. The SMILES string of the molecule is Cc1cc(C(=O)c2cc3c(s2)-c2sc(C(=O)c4cc(C(F)(F)F)cc(C(F)(F)F)c4)cc2C2(OCCO2)C32OCCO2)cc(C(F)(F)F)c1. The molecule has 17 heteroatoms. The fourth-order valence-electron chi connectivity index (χ4n) is 6.15. The molecular weight excluding hydrogens is 715 g/mol. The Balaban J connectivity index is 1.39. The molecule has 2 fully saturated rings. The van der Waals surface area contributed by atoms with Crippen molar-refractivity contribution in [1.29, 1.82) is 0 Å². The Hall–Kier alpha value is -3.61. The number of hydrogen-bond acceptors (Lipinski definition) is 8. The highest BCUT2D eigenvalue weighted by atomic mass is 32.1. The molecule has 2 aromatic heterocycles. The van der Waals surface area contributed by atoms with Crippen LogP contribution in [0.3, 0.4) is 0 Å². The molecule has 4 heterocycles. The summed E-state index contributed by atoms with van der Waals surface area (Å²) >= 11 is 1.54. The van der Waals surface area contributed by atoms with Gasteiger partial charge < -0.3 is 18.9 Å². The van der Waals surface area contributed by atoms with Crippen LogP contribution in [-0.4, -0.2) is 38.0 Å². The number of carbonyl (C=O) groups excluding carboxylic acids is 2. The van der Waals surface area contributed by atoms with Gasteiger partial charge in [0.15, 0.2) is 0 Å². The topological polar surface area (TPSA) is 71.1 Å². The number of alkyl halides is 9. The lowest BCUT2D eigenvalue weighted by molar-refractivity contribution is -0.365. The van der Waals surface area contributed by atoms with Gasteiger partial charge in [0.2, 0.25) is 11.6 Å². The van der Waals surface area contributed by atoms with Crippen molar-refractivity contribution >= 4 is 34.2 Å². The lowest BCUT2D eigenvalue weighted by Gasteiger charge is -2.44. The van der Waals surface area contributed by atoms with E-state index in [-0.39, 0.29) is 74.3 Å². The molecule has 258 valence electrons. The number of fused-ring (bicyclic) bond motifs is 6. The van der Waals surface area contributed by atoms with Gasteiger partial charge in [-0.05, 0) is 61.0 Å². The summed E-state index contributed by atoms with van der Waals surface area (Å²) in [5.41, 5.74) is -5.04. The summed E-state index contributed by atoms with van der Waals surface area (Å²) in [5.74, 6) is -5.74. The minimum Gasteiger partial charge on any atom is -0.339 e. The van der Waals surface area contributed by atoms with Gasteiger partial charge in [-0.15, -0.1) is 22.7 Å². The second kappa shape index (κ2) is 11.2. The minimum absolute atomic E-state index is 0.00949. The van der Waals surface area contributed by atoms with E-state index in [4.69, 9.17) is 18.9 Å². The molecule has 6 nitrogen and oxygen atoms in total. The third kappa shape index (κ3) is 5.41. The molecule has 49 heavy (non-hydrogen) atoms. The van der Waals surface area contributed by atoms with Crippen LogP contribution in [0.25, 0.3) is 9.75 Å². The highest BCUT2D eigenvalue weighted by molar-refractivity contribution is 7.24. The van der Waals surface area contributed by atoms with Crippen molar-refractivity contribution in [2.24, 2.45) is 0 Å². The van der Waals surface area contributed by atoms with E-state index in [1.54, 1.807) is 0 Å². The van der Waals surface area contributed by atoms with E-state index in [1.807, 2.05) is 0 Å². The summed E-state index contributed by atoms with van der Waals surface area (Å²) in [5, 5.41) is 0. The molecule has 0 atom stereocenters. The monoisotopic (exact) mass is 734 g/mol. The van der Waals surface area contributed by atoms with E-state index >= 15 is 0 Å². The van der Waals surface area contributed by atoms with Crippen LogP contribution < -0.4 is 0 Å². The summed E-state index contributed by atoms with van der Waals surface area (Å²) in [6, 6.07) is 6.03. The van der Waals surface area contributed by atoms with Crippen LogP contribution in [0.5, 0.6) is 0 Å². The van der Waals surface area contributed by atoms with Gasteiger partial charge in [0.05, 0.1) is 62.6 Å². The van der Waals surface area contributed by atoms with Crippen LogP contribution >= 0.6 is 22.7 Å². The van der Waals surface area contributed by atoms with Gasteiger partial charge >= 0.3 is 18.5 Å². The summed E-state index contributed by atoms with van der Waals surface area (Å²) < 4.78 is 147. The van der Waals surface area contributed by atoms with Gasteiger partial charge in [-0.1, -0.05) is 0 Å². The summed E-state index contributed by atoms with van der Waals surface area (Å²) in [6.07, 6.45) is -15.1. The smallest absolute Gasteiger partial charge is 0.339 e. The van der Waals surface area contributed by atoms with Crippen LogP contribution in [0.4, 0.5) is 39.5 Å². The molecule has 0 N–H and O–H groups in total. The number of thiophene rings is 2. The molecule has 7 rings (SSSR count). The first-order chi connectivity index (χ1) is 22.8. The van der Waals surface area contributed by atoms with Crippen LogP contribution in [0.1, 0.15) is 63.9 Å². The van der Waals surface area contributed by atoms with Crippen LogP contribution in [0.2, 0.25) is 0 Å². The zero-order valence-electron chi connectivity index (χ0n) is 24.6. The molecule has 0 bridgehead atoms. The highest BCUT2D eigenvalue weighted by Crippen LogP contribution is 2.63. The quantitative estimate of drug-likeness (QED) is 0.154. The third-order valence-corrected chi connectivity index (χ3v) is 10.6. The molecule has 1 aliphatic carbocycles. The Bertz CT molecular complexity index is 1980. The molecule has 3 aliphatic rings. The van der Waals surface area contributed by atoms with Crippen molar-refractivity contribution in [3.05, 3.63) is 103 Å². The number of hydrogen-bond donors (Lipinski definition) is 0. The van der Waals surface area contributed by atoms with E-state index in [9.17, 15) is 49.1 Å². The van der Waals surface area contributed by atoms with E-state index in [0.29, 0.717) is 29.5 Å². The maximum absolute atomic E-state index is 13.7. The van der Waals surface area contributed by atoms with Crippen molar-refractivity contribution in [2.45, 2.75) is 37.0 Å². The zero-order valence-corrected chi connectivity index (χ0v) is 26.2. The molecule has 2 spiro atoms. The van der Waals surface area contributed by atoms with E-state index in [0.717, 1.165) is 17.4 Å². The Kier molecular flexibility index (Phi) is 7.74.